The van der Waals surface area contributed by atoms with Gasteiger partial charge in [-0.05, 0) is 31.4 Å². The van der Waals surface area contributed by atoms with E-state index in [2.05, 4.69) is 53.7 Å². The lowest BCUT2D eigenvalue weighted by Crippen LogP contribution is -2.36. The molecule has 0 unspecified atom stereocenters. The van der Waals surface area contributed by atoms with Gasteiger partial charge in [-0.1, -0.05) is 37.2 Å². The van der Waals surface area contributed by atoms with Crippen LogP contribution in [0.15, 0.2) is 58.6 Å². The Morgan fingerprint density at radius 2 is 1.97 bits per heavy atom. The Morgan fingerprint density at radius 1 is 1.17 bits per heavy atom. The Balaban J connectivity index is 0.00000320. The topological polar surface area (TPSA) is 80.3 Å². The van der Waals surface area contributed by atoms with E-state index >= 15 is 0 Å². The predicted molar refractivity (Wildman–Crippen MR) is 130 cm³/mol. The molecule has 0 saturated carbocycles. The second-order valence-corrected chi connectivity index (χ2v) is 6.88. The fourth-order valence-corrected chi connectivity index (χ4v) is 3.29. The molecule has 0 aliphatic rings. The number of hydrogen-bond acceptors (Lipinski definition) is 4. The number of aliphatic imine (C=N–C) groups is 1. The quantitative estimate of drug-likeness (QED) is 0.243. The van der Waals surface area contributed by atoms with E-state index in [1.54, 1.807) is 12.5 Å². The van der Waals surface area contributed by atoms with Gasteiger partial charge in [-0.2, -0.15) is 0 Å². The molecule has 3 aromatic rings. The maximum Gasteiger partial charge on any atom is 0.191 e. The number of rotatable bonds is 9. The van der Waals surface area contributed by atoms with Crippen LogP contribution in [0.2, 0.25) is 0 Å². The molecule has 2 aromatic heterocycles. The molecule has 0 saturated heterocycles. The van der Waals surface area contributed by atoms with Crippen LogP contribution in [0.5, 0.6) is 0 Å². The molecule has 1 aromatic carbocycles. The van der Waals surface area contributed by atoms with E-state index in [0.717, 1.165) is 48.1 Å². The first-order chi connectivity index (χ1) is 14.2. The van der Waals surface area contributed by atoms with Crippen molar-refractivity contribution >= 4 is 29.9 Å². The maximum atomic E-state index is 5.50. The summed E-state index contributed by atoms with van der Waals surface area (Å²) in [5, 5.41) is 10.9. The number of imidazole rings is 1. The van der Waals surface area contributed by atoms with Gasteiger partial charge < -0.3 is 19.7 Å². The molecular weight excluding hydrogens is 491 g/mol. The average Bonchev–Trinajstić information content (AvgIpc) is 3.44. The lowest BCUT2D eigenvalue weighted by atomic mass is 9.99. The third kappa shape index (κ3) is 6.32. The van der Waals surface area contributed by atoms with Gasteiger partial charge in [-0.25, -0.2) is 9.98 Å². The maximum absolute atomic E-state index is 5.50. The zero-order valence-corrected chi connectivity index (χ0v) is 20.2. The number of halogens is 1. The first-order valence-corrected chi connectivity index (χ1v) is 10.3. The summed E-state index contributed by atoms with van der Waals surface area (Å²) < 4.78 is 7.50. The first-order valence-electron chi connectivity index (χ1n) is 10.3. The van der Waals surface area contributed by atoms with Crippen LogP contribution in [0.1, 0.15) is 56.5 Å². The van der Waals surface area contributed by atoms with Crippen molar-refractivity contribution in [2.45, 2.75) is 52.6 Å². The van der Waals surface area contributed by atoms with E-state index in [4.69, 9.17) is 9.52 Å². The Hall–Kier alpha value is -2.36. The van der Waals surface area contributed by atoms with Gasteiger partial charge in [0, 0.05) is 30.9 Å². The van der Waals surface area contributed by atoms with Crippen molar-refractivity contribution in [1.82, 2.24) is 25.3 Å². The van der Waals surface area contributed by atoms with Crippen LogP contribution in [0.3, 0.4) is 0 Å². The van der Waals surface area contributed by atoms with Crippen LogP contribution in [0, 0.1) is 0 Å². The van der Waals surface area contributed by atoms with Gasteiger partial charge in [0.2, 0.25) is 0 Å². The third-order valence-electron chi connectivity index (χ3n) is 4.94. The summed E-state index contributed by atoms with van der Waals surface area (Å²) in [5.74, 6) is 2.01. The highest BCUT2D eigenvalue weighted by molar-refractivity contribution is 14.0. The molecule has 7 nitrogen and oxygen atoms in total. The number of hydrogen-bond donors (Lipinski definition) is 2. The van der Waals surface area contributed by atoms with Crippen LogP contribution in [-0.4, -0.2) is 27.2 Å². The molecular formula is C22H31IN6O. The summed E-state index contributed by atoms with van der Waals surface area (Å²) >= 11 is 0. The van der Waals surface area contributed by atoms with Gasteiger partial charge in [0.05, 0.1) is 30.8 Å². The molecule has 0 atom stereocenters. The summed E-state index contributed by atoms with van der Waals surface area (Å²) in [6.07, 6.45) is 7.65. The van der Waals surface area contributed by atoms with Crippen molar-refractivity contribution in [2.24, 2.45) is 4.99 Å². The summed E-state index contributed by atoms with van der Waals surface area (Å²) in [6, 6.07) is 10.2. The molecule has 0 bridgehead atoms. The number of benzene rings is 1. The van der Waals surface area contributed by atoms with Gasteiger partial charge in [-0.15, -0.1) is 24.0 Å². The molecule has 0 fully saturated rings. The molecule has 162 valence electrons. The predicted octanol–water partition coefficient (Wildman–Crippen LogP) is 4.64. The summed E-state index contributed by atoms with van der Waals surface area (Å²) in [5.41, 5.74) is 3.23. The lowest BCUT2D eigenvalue weighted by Gasteiger charge is -2.12. The van der Waals surface area contributed by atoms with Crippen LogP contribution in [-0.2, 0) is 13.1 Å². The van der Waals surface area contributed by atoms with Crippen LogP contribution < -0.4 is 10.6 Å². The molecule has 0 spiro atoms. The number of nitrogens with zero attached hydrogens (tertiary/aromatic N) is 4. The third-order valence-corrected chi connectivity index (χ3v) is 4.94. The van der Waals surface area contributed by atoms with Crippen molar-refractivity contribution in [3.05, 3.63) is 66.1 Å². The highest BCUT2D eigenvalue weighted by atomic mass is 127. The number of guanidine groups is 1. The standard InChI is InChI=1S/C22H30N6O.HI/c1-4-17(5-2)20-13-19(29-27-20)15-26-22(24-6-3)25-14-18-9-7-8-10-21(18)28-12-11-23-16-28;/h7-13,16-17H,4-6,14-15H2,1-3H3,(H2,24,25,26);1H. The molecule has 0 aliphatic heterocycles. The molecule has 30 heavy (non-hydrogen) atoms. The van der Waals surface area contributed by atoms with Crippen LogP contribution in [0.25, 0.3) is 5.69 Å². The fourth-order valence-electron chi connectivity index (χ4n) is 3.29. The molecule has 0 radical (unpaired) electrons. The van der Waals surface area contributed by atoms with Gasteiger partial charge in [-0.3, -0.25) is 0 Å². The Labute approximate surface area is 195 Å². The summed E-state index contributed by atoms with van der Waals surface area (Å²) in [7, 11) is 0. The molecule has 0 aliphatic carbocycles. The van der Waals surface area contributed by atoms with Crippen LogP contribution >= 0.6 is 24.0 Å². The van der Waals surface area contributed by atoms with E-state index in [9.17, 15) is 0 Å². The van der Waals surface area contributed by atoms with E-state index in [1.165, 1.54) is 0 Å². The average molecular weight is 522 g/mol. The van der Waals surface area contributed by atoms with Gasteiger partial charge >= 0.3 is 0 Å². The van der Waals surface area contributed by atoms with Crippen molar-refractivity contribution < 1.29 is 4.52 Å². The minimum absolute atomic E-state index is 0. The zero-order valence-electron chi connectivity index (χ0n) is 17.8. The van der Waals surface area contributed by atoms with Crippen molar-refractivity contribution in [3.8, 4) is 5.69 Å². The van der Waals surface area contributed by atoms with Gasteiger partial charge in [0.1, 0.15) is 0 Å². The Morgan fingerprint density at radius 3 is 2.67 bits per heavy atom. The zero-order chi connectivity index (χ0) is 20.5. The number of nitrogens with one attached hydrogen (secondary N) is 2. The minimum Gasteiger partial charge on any atom is -0.359 e. The Bertz CT molecular complexity index is 902. The van der Waals surface area contributed by atoms with Gasteiger partial charge in [0.15, 0.2) is 11.7 Å². The molecule has 0 amide bonds. The molecule has 8 heteroatoms. The Kier molecular flexibility index (Phi) is 9.85. The SMILES string of the molecule is CCNC(=NCc1ccccc1-n1ccnc1)NCc1cc(C(CC)CC)no1.I. The van der Waals surface area contributed by atoms with E-state index in [1.807, 2.05) is 29.0 Å². The molecule has 2 N–H and O–H groups in total. The van der Waals surface area contributed by atoms with Crippen molar-refractivity contribution in [2.75, 3.05) is 6.54 Å². The second kappa shape index (κ2) is 12.4. The highest BCUT2D eigenvalue weighted by Crippen LogP contribution is 2.22. The molecule has 2 heterocycles. The van der Waals surface area contributed by atoms with Gasteiger partial charge in [0.25, 0.3) is 0 Å². The van der Waals surface area contributed by atoms with Crippen molar-refractivity contribution in [3.63, 3.8) is 0 Å². The largest absolute Gasteiger partial charge is 0.359 e. The fraction of sp³-hybridized carbons (Fsp3) is 0.409. The van der Waals surface area contributed by atoms with E-state index in [-0.39, 0.29) is 24.0 Å². The highest BCUT2D eigenvalue weighted by Gasteiger charge is 2.13. The number of para-hydroxylation sites is 1. The summed E-state index contributed by atoms with van der Waals surface area (Å²) in [6.45, 7) is 8.29. The lowest BCUT2D eigenvalue weighted by molar-refractivity contribution is 0.368. The number of aromatic nitrogens is 3. The monoisotopic (exact) mass is 522 g/mol. The summed E-state index contributed by atoms with van der Waals surface area (Å²) in [4.78, 5) is 8.88. The smallest absolute Gasteiger partial charge is 0.191 e. The van der Waals surface area contributed by atoms with E-state index in [0.29, 0.717) is 19.0 Å². The second-order valence-electron chi connectivity index (χ2n) is 6.88. The molecule has 3 rings (SSSR count). The van der Waals surface area contributed by atoms with Crippen LogP contribution in [0.4, 0.5) is 0 Å². The van der Waals surface area contributed by atoms with Crippen molar-refractivity contribution in [1.29, 1.82) is 0 Å². The normalized spacial score (nSPS) is 11.4. The van der Waals surface area contributed by atoms with E-state index < -0.39 is 0 Å². The minimum atomic E-state index is 0. The first kappa shape index (κ1) is 23.9.